The second-order valence-electron chi connectivity index (χ2n) is 5.82. The van der Waals surface area contributed by atoms with Crippen LogP contribution in [0.4, 0.5) is 11.5 Å². The predicted molar refractivity (Wildman–Crippen MR) is 87.5 cm³/mol. The summed E-state index contributed by atoms with van der Waals surface area (Å²) in [7, 11) is 0. The molecule has 0 unspecified atom stereocenters. The summed E-state index contributed by atoms with van der Waals surface area (Å²) in [5.41, 5.74) is 1.16. The lowest BCUT2D eigenvalue weighted by molar-refractivity contribution is 0.483. The molecule has 0 aliphatic heterocycles. The lowest BCUT2D eigenvalue weighted by Crippen LogP contribution is -2.22. The SMILES string of the molecule is CCN(CC)c1ccc(NCC2CCCCCC2)cn1. The Morgan fingerprint density at radius 1 is 1.10 bits per heavy atom. The van der Waals surface area contributed by atoms with Crippen LogP contribution in [0.2, 0.25) is 0 Å². The Hall–Kier alpha value is -1.25. The van der Waals surface area contributed by atoms with Crippen LogP contribution in [0.1, 0.15) is 52.4 Å². The topological polar surface area (TPSA) is 28.2 Å². The van der Waals surface area contributed by atoms with Crippen LogP contribution in [0.5, 0.6) is 0 Å². The summed E-state index contributed by atoms with van der Waals surface area (Å²) in [6, 6.07) is 4.29. The second kappa shape index (κ2) is 8.13. The highest BCUT2D eigenvalue weighted by Gasteiger charge is 2.12. The summed E-state index contributed by atoms with van der Waals surface area (Å²) >= 11 is 0. The van der Waals surface area contributed by atoms with Crippen molar-refractivity contribution in [1.29, 1.82) is 0 Å². The molecule has 1 aromatic heterocycles. The average molecular weight is 275 g/mol. The van der Waals surface area contributed by atoms with Crippen LogP contribution in [0.3, 0.4) is 0 Å². The molecule has 20 heavy (non-hydrogen) atoms. The summed E-state index contributed by atoms with van der Waals surface area (Å²) in [5, 5.41) is 3.56. The fourth-order valence-electron chi connectivity index (χ4n) is 3.06. The molecule has 1 saturated carbocycles. The molecule has 1 aliphatic carbocycles. The number of nitrogens with zero attached hydrogens (tertiary/aromatic N) is 2. The van der Waals surface area contributed by atoms with Crippen molar-refractivity contribution < 1.29 is 0 Å². The zero-order valence-electron chi connectivity index (χ0n) is 13.1. The Morgan fingerprint density at radius 3 is 2.35 bits per heavy atom. The van der Waals surface area contributed by atoms with Gasteiger partial charge >= 0.3 is 0 Å². The van der Waals surface area contributed by atoms with Crippen molar-refractivity contribution in [3.63, 3.8) is 0 Å². The maximum Gasteiger partial charge on any atom is 0.128 e. The van der Waals surface area contributed by atoms with Gasteiger partial charge in [0, 0.05) is 19.6 Å². The quantitative estimate of drug-likeness (QED) is 0.784. The summed E-state index contributed by atoms with van der Waals surface area (Å²) in [5.74, 6) is 1.93. The first-order valence-electron chi connectivity index (χ1n) is 8.28. The van der Waals surface area contributed by atoms with E-state index in [9.17, 15) is 0 Å². The molecule has 3 nitrogen and oxygen atoms in total. The van der Waals surface area contributed by atoms with Crippen LogP contribution in [-0.4, -0.2) is 24.6 Å². The Morgan fingerprint density at radius 2 is 1.80 bits per heavy atom. The zero-order valence-corrected chi connectivity index (χ0v) is 13.1. The van der Waals surface area contributed by atoms with Gasteiger partial charge < -0.3 is 10.2 Å². The lowest BCUT2D eigenvalue weighted by atomic mass is 10.0. The Kier molecular flexibility index (Phi) is 6.16. The smallest absolute Gasteiger partial charge is 0.128 e. The highest BCUT2D eigenvalue weighted by molar-refractivity contribution is 5.48. The van der Waals surface area contributed by atoms with Crippen molar-refractivity contribution >= 4 is 11.5 Å². The number of hydrogen-bond donors (Lipinski definition) is 1. The third kappa shape index (κ3) is 4.39. The van der Waals surface area contributed by atoms with E-state index in [4.69, 9.17) is 0 Å². The van der Waals surface area contributed by atoms with Gasteiger partial charge in [-0.25, -0.2) is 4.98 Å². The summed E-state index contributed by atoms with van der Waals surface area (Å²) in [4.78, 5) is 6.84. The van der Waals surface area contributed by atoms with Gasteiger partial charge in [0.25, 0.3) is 0 Å². The van der Waals surface area contributed by atoms with E-state index in [2.05, 4.69) is 41.2 Å². The number of hydrogen-bond acceptors (Lipinski definition) is 3. The molecule has 0 bridgehead atoms. The monoisotopic (exact) mass is 275 g/mol. The molecule has 1 fully saturated rings. The number of aromatic nitrogens is 1. The van der Waals surface area contributed by atoms with Crippen LogP contribution < -0.4 is 10.2 Å². The van der Waals surface area contributed by atoms with Gasteiger partial charge in [-0.15, -0.1) is 0 Å². The second-order valence-corrected chi connectivity index (χ2v) is 5.82. The van der Waals surface area contributed by atoms with Gasteiger partial charge in [-0.3, -0.25) is 0 Å². The minimum atomic E-state index is 0.847. The van der Waals surface area contributed by atoms with Gasteiger partial charge in [0.1, 0.15) is 5.82 Å². The van der Waals surface area contributed by atoms with E-state index in [1.165, 1.54) is 38.5 Å². The third-order valence-electron chi connectivity index (χ3n) is 4.40. The van der Waals surface area contributed by atoms with Gasteiger partial charge in [0.05, 0.1) is 11.9 Å². The molecule has 3 heteroatoms. The Bertz CT molecular complexity index is 362. The number of nitrogens with one attached hydrogen (secondary N) is 1. The Labute approximate surface area is 123 Å². The van der Waals surface area contributed by atoms with Crippen molar-refractivity contribution in [2.75, 3.05) is 29.9 Å². The molecule has 1 heterocycles. The van der Waals surface area contributed by atoms with Crippen LogP contribution in [0.25, 0.3) is 0 Å². The molecule has 0 atom stereocenters. The molecule has 1 N–H and O–H groups in total. The van der Waals surface area contributed by atoms with Gasteiger partial charge in [0.15, 0.2) is 0 Å². The maximum absolute atomic E-state index is 4.57. The minimum Gasteiger partial charge on any atom is -0.384 e. The van der Waals surface area contributed by atoms with Gasteiger partial charge in [-0.2, -0.15) is 0 Å². The van der Waals surface area contributed by atoms with E-state index in [1.54, 1.807) is 0 Å². The van der Waals surface area contributed by atoms with Crippen molar-refractivity contribution in [3.8, 4) is 0 Å². The predicted octanol–water partition coefficient (Wildman–Crippen LogP) is 4.31. The van der Waals surface area contributed by atoms with Gasteiger partial charge in [-0.05, 0) is 44.7 Å². The fraction of sp³-hybridized carbons (Fsp3) is 0.706. The molecular formula is C17H29N3. The molecular weight excluding hydrogens is 246 g/mol. The zero-order chi connectivity index (χ0) is 14.2. The molecule has 0 radical (unpaired) electrons. The minimum absolute atomic E-state index is 0.847. The van der Waals surface area contributed by atoms with E-state index in [1.807, 2.05) is 6.20 Å². The maximum atomic E-state index is 4.57. The summed E-state index contributed by atoms with van der Waals surface area (Å²) < 4.78 is 0. The largest absolute Gasteiger partial charge is 0.384 e. The number of pyridine rings is 1. The fourth-order valence-corrected chi connectivity index (χ4v) is 3.06. The molecule has 0 saturated heterocycles. The number of anilines is 2. The highest BCUT2D eigenvalue weighted by Crippen LogP contribution is 2.23. The first-order valence-corrected chi connectivity index (χ1v) is 8.28. The molecule has 0 amide bonds. The third-order valence-corrected chi connectivity index (χ3v) is 4.40. The molecule has 1 aromatic rings. The molecule has 0 spiro atoms. The standard InChI is InChI=1S/C17H29N3/c1-3-20(4-2)17-12-11-16(14-19-17)18-13-15-9-7-5-6-8-10-15/h11-12,14-15,18H,3-10,13H2,1-2H3. The molecule has 1 aliphatic rings. The highest BCUT2D eigenvalue weighted by atomic mass is 15.2. The Balaban J connectivity index is 1.83. The van der Waals surface area contributed by atoms with Gasteiger partial charge in [-0.1, -0.05) is 25.7 Å². The van der Waals surface area contributed by atoms with Crippen LogP contribution in [0.15, 0.2) is 18.3 Å². The lowest BCUT2D eigenvalue weighted by Gasteiger charge is -2.20. The molecule has 112 valence electrons. The normalized spacial score (nSPS) is 16.7. The average Bonchev–Trinajstić information content (AvgIpc) is 2.76. The van der Waals surface area contributed by atoms with E-state index < -0.39 is 0 Å². The van der Waals surface area contributed by atoms with E-state index >= 15 is 0 Å². The van der Waals surface area contributed by atoms with Crippen LogP contribution in [-0.2, 0) is 0 Å². The van der Waals surface area contributed by atoms with Gasteiger partial charge in [0.2, 0.25) is 0 Å². The molecule has 2 rings (SSSR count). The van der Waals surface area contributed by atoms with Crippen molar-refractivity contribution in [2.24, 2.45) is 5.92 Å². The molecule has 0 aromatic carbocycles. The van der Waals surface area contributed by atoms with Crippen molar-refractivity contribution in [3.05, 3.63) is 18.3 Å². The van der Waals surface area contributed by atoms with E-state index in [0.29, 0.717) is 0 Å². The van der Waals surface area contributed by atoms with Crippen molar-refractivity contribution in [2.45, 2.75) is 52.4 Å². The number of rotatable bonds is 6. The summed E-state index contributed by atoms with van der Waals surface area (Å²) in [6.45, 7) is 7.47. The van der Waals surface area contributed by atoms with Crippen molar-refractivity contribution in [1.82, 2.24) is 4.98 Å². The summed E-state index contributed by atoms with van der Waals surface area (Å²) in [6.07, 6.45) is 10.4. The first-order chi connectivity index (χ1) is 9.83. The van der Waals surface area contributed by atoms with E-state index in [0.717, 1.165) is 37.1 Å². The van der Waals surface area contributed by atoms with Crippen LogP contribution >= 0.6 is 0 Å². The first kappa shape index (κ1) is 15.1. The van der Waals surface area contributed by atoms with E-state index in [-0.39, 0.29) is 0 Å². The van der Waals surface area contributed by atoms with Crippen LogP contribution in [0, 0.1) is 5.92 Å².